The van der Waals surface area contributed by atoms with Gasteiger partial charge in [-0.25, -0.2) is 4.79 Å². The third-order valence-corrected chi connectivity index (χ3v) is 1.81. The van der Waals surface area contributed by atoms with E-state index in [2.05, 4.69) is 4.74 Å². The quantitative estimate of drug-likeness (QED) is 0.347. The van der Waals surface area contributed by atoms with Crippen LogP contribution in [0.3, 0.4) is 0 Å². The molecule has 0 aromatic heterocycles. The second kappa shape index (κ2) is 5.69. The van der Waals surface area contributed by atoms with Crippen LogP contribution in [0.2, 0.25) is 0 Å². The summed E-state index contributed by atoms with van der Waals surface area (Å²) in [6.45, 7) is 1.79. The second-order valence-electron chi connectivity index (χ2n) is 2.88. The number of carbonyl (C=O) groups is 1. The molecule has 0 saturated carbocycles. The molecule has 0 bridgehead atoms. The Morgan fingerprint density at radius 2 is 2.18 bits per heavy atom. The van der Waals surface area contributed by atoms with E-state index in [1.165, 1.54) is 19.2 Å². The number of nitrogens with zero attached hydrogens (tertiary/aromatic N) is 1. The van der Waals surface area contributed by atoms with Crippen molar-refractivity contribution < 1.29 is 23.9 Å². The van der Waals surface area contributed by atoms with Gasteiger partial charge in [-0.1, -0.05) is 0 Å². The van der Waals surface area contributed by atoms with E-state index in [1.807, 2.05) is 0 Å². The molecule has 17 heavy (non-hydrogen) atoms. The van der Waals surface area contributed by atoms with Gasteiger partial charge in [0.05, 0.1) is 24.7 Å². The smallest absolute Gasteiger partial charge is 0.490 e. The molecule has 7 nitrogen and oxygen atoms in total. The lowest BCUT2D eigenvalue weighted by Crippen LogP contribution is -2.10. The number of hydrogen-bond acceptors (Lipinski definition) is 6. The molecule has 0 radical (unpaired) electrons. The van der Waals surface area contributed by atoms with E-state index in [4.69, 9.17) is 9.47 Å². The normalized spacial score (nSPS) is 9.53. The maximum Gasteiger partial charge on any atom is 0.513 e. The van der Waals surface area contributed by atoms with Crippen molar-refractivity contribution in [2.45, 2.75) is 6.92 Å². The van der Waals surface area contributed by atoms with Gasteiger partial charge in [-0.2, -0.15) is 0 Å². The van der Waals surface area contributed by atoms with Gasteiger partial charge in [0, 0.05) is 0 Å². The molecular formula is C10H11NO6. The van der Waals surface area contributed by atoms with Gasteiger partial charge in [0.2, 0.25) is 0 Å². The predicted molar refractivity (Wildman–Crippen MR) is 57.3 cm³/mol. The number of nitro benzene ring substituents is 1. The van der Waals surface area contributed by atoms with Crippen molar-refractivity contribution in [1.82, 2.24) is 0 Å². The molecule has 0 N–H and O–H groups in total. The van der Waals surface area contributed by atoms with Crippen LogP contribution in [0.25, 0.3) is 0 Å². The highest BCUT2D eigenvalue weighted by Gasteiger charge is 2.17. The van der Waals surface area contributed by atoms with Gasteiger partial charge < -0.3 is 14.2 Å². The molecule has 0 aliphatic heterocycles. The highest BCUT2D eigenvalue weighted by Crippen LogP contribution is 2.30. The van der Waals surface area contributed by atoms with Crippen molar-refractivity contribution in [3.63, 3.8) is 0 Å². The summed E-state index contributed by atoms with van der Waals surface area (Å²) in [7, 11) is 1.31. The third-order valence-electron chi connectivity index (χ3n) is 1.81. The number of rotatable bonds is 4. The number of nitro groups is 1. The summed E-state index contributed by atoms with van der Waals surface area (Å²) >= 11 is 0. The van der Waals surface area contributed by atoms with Gasteiger partial charge in [0.1, 0.15) is 5.75 Å². The standard InChI is InChI=1S/C10H11NO6/c1-3-16-10(12)17-7-4-5-9(15-2)8(6-7)11(13)14/h4-6H,3H2,1-2H3. The van der Waals surface area contributed by atoms with Gasteiger partial charge in [0.25, 0.3) is 0 Å². The number of benzene rings is 1. The lowest BCUT2D eigenvalue weighted by molar-refractivity contribution is -0.385. The summed E-state index contributed by atoms with van der Waals surface area (Å²) in [5.41, 5.74) is -0.283. The van der Waals surface area contributed by atoms with Gasteiger partial charge in [-0.15, -0.1) is 0 Å². The maximum atomic E-state index is 11.0. The van der Waals surface area contributed by atoms with Crippen molar-refractivity contribution >= 4 is 11.8 Å². The molecule has 0 amide bonds. The second-order valence-corrected chi connectivity index (χ2v) is 2.88. The highest BCUT2D eigenvalue weighted by molar-refractivity contribution is 5.65. The molecule has 0 spiro atoms. The molecule has 1 rings (SSSR count). The largest absolute Gasteiger partial charge is 0.513 e. The lowest BCUT2D eigenvalue weighted by Gasteiger charge is -2.05. The molecule has 0 saturated heterocycles. The van der Waals surface area contributed by atoms with Crippen LogP contribution in [-0.2, 0) is 4.74 Å². The minimum atomic E-state index is -0.910. The summed E-state index contributed by atoms with van der Waals surface area (Å²) in [6.07, 6.45) is -0.910. The molecule has 0 atom stereocenters. The first-order chi connectivity index (χ1) is 8.08. The summed E-state index contributed by atoms with van der Waals surface area (Å²) in [6, 6.07) is 3.81. The van der Waals surface area contributed by atoms with E-state index in [1.54, 1.807) is 6.92 Å². The first-order valence-corrected chi connectivity index (χ1v) is 4.75. The minimum absolute atomic E-state index is 0.0240. The molecule has 0 heterocycles. The Hall–Kier alpha value is -2.31. The van der Waals surface area contributed by atoms with Gasteiger partial charge in [0.15, 0.2) is 5.75 Å². The molecule has 92 valence electrons. The Morgan fingerprint density at radius 1 is 1.47 bits per heavy atom. The van der Waals surface area contributed by atoms with Crippen LogP contribution in [0, 0.1) is 10.1 Å². The van der Waals surface area contributed by atoms with Gasteiger partial charge in [-0.05, 0) is 19.1 Å². The Bertz CT molecular complexity index is 431. The van der Waals surface area contributed by atoms with Crippen molar-refractivity contribution in [1.29, 1.82) is 0 Å². The number of ether oxygens (including phenoxy) is 3. The van der Waals surface area contributed by atoms with E-state index < -0.39 is 11.1 Å². The Balaban J connectivity index is 2.92. The summed E-state index contributed by atoms with van der Waals surface area (Å²) in [4.78, 5) is 21.1. The molecular weight excluding hydrogens is 230 g/mol. The van der Waals surface area contributed by atoms with Crippen molar-refractivity contribution in [3.8, 4) is 11.5 Å². The molecule has 1 aromatic carbocycles. The summed E-state index contributed by atoms with van der Waals surface area (Å²) in [5, 5.41) is 10.7. The molecule has 0 unspecified atom stereocenters. The van der Waals surface area contributed by atoms with Crippen LogP contribution >= 0.6 is 0 Å². The lowest BCUT2D eigenvalue weighted by atomic mass is 10.3. The molecule has 0 aliphatic carbocycles. The number of hydrogen-bond donors (Lipinski definition) is 0. The SMILES string of the molecule is CCOC(=O)Oc1ccc(OC)c([N+](=O)[O-])c1. The minimum Gasteiger partial charge on any atom is -0.490 e. The molecule has 1 aromatic rings. The fourth-order valence-corrected chi connectivity index (χ4v) is 1.12. The van der Waals surface area contributed by atoms with E-state index in [9.17, 15) is 14.9 Å². The molecule has 0 fully saturated rings. The van der Waals surface area contributed by atoms with Crippen LogP contribution < -0.4 is 9.47 Å². The fourth-order valence-electron chi connectivity index (χ4n) is 1.12. The molecule has 7 heteroatoms. The fraction of sp³-hybridized carbons (Fsp3) is 0.300. The van der Waals surface area contributed by atoms with Crippen LogP contribution in [0.4, 0.5) is 10.5 Å². The average Bonchev–Trinajstić information content (AvgIpc) is 2.29. The van der Waals surface area contributed by atoms with Crippen molar-refractivity contribution in [2.24, 2.45) is 0 Å². The zero-order valence-electron chi connectivity index (χ0n) is 9.34. The van der Waals surface area contributed by atoms with Crippen LogP contribution in [0.5, 0.6) is 11.5 Å². The van der Waals surface area contributed by atoms with Crippen LogP contribution in [-0.4, -0.2) is 24.8 Å². The third kappa shape index (κ3) is 3.33. The van der Waals surface area contributed by atoms with Crippen LogP contribution in [0.15, 0.2) is 18.2 Å². The van der Waals surface area contributed by atoms with Gasteiger partial charge >= 0.3 is 11.8 Å². The predicted octanol–water partition coefficient (Wildman–Crippen LogP) is 2.14. The average molecular weight is 241 g/mol. The zero-order valence-corrected chi connectivity index (χ0v) is 9.34. The number of methoxy groups -OCH3 is 1. The van der Waals surface area contributed by atoms with E-state index in [0.717, 1.165) is 6.07 Å². The highest BCUT2D eigenvalue weighted by atomic mass is 16.7. The summed E-state index contributed by atoms with van der Waals surface area (Å²) in [5.74, 6) is 0.113. The van der Waals surface area contributed by atoms with E-state index >= 15 is 0 Å². The maximum absolute atomic E-state index is 11.0. The van der Waals surface area contributed by atoms with Crippen LogP contribution in [0.1, 0.15) is 6.92 Å². The molecule has 0 aliphatic rings. The van der Waals surface area contributed by atoms with Gasteiger partial charge in [-0.3, -0.25) is 10.1 Å². The van der Waals surface area contributed by atoms with E-state index in [0.29, 0.717) is 0 Å². The first kappa shape index (κ1) is 12.8. The Labute approximate surface area is 97.0 Å². The van der Waals surface area contributed by atoms with Crippen molar-refractivity contribution in [2.75, 3.05) is 13.7 Å². The zero-order chi connectivity index (χ0) is 12.8. The first-order valence-electron chi connectivity index (χ1n) is 4.75. The topological polar surface area (TPSA) is 87.9 Å². The van der Waals surface area contributed by atoms with E-state index in [-0.39, 0.29) is 23.8 Å². The Kier molecular flexibility index (Phi) is 4.27. The number of carbonyl (C=O) groups excluding carboxylic acids is 1. The monoisotopic (exact) mass is 241 g/mol. The summed E-state index contributed by atoms with van der Waals surface area (Å²) < 4.78 is 14.1. The Morgan fingerprint density at radius 3 is 2.71 bits per heavy atom. The van der Waals surface area contributed by atoms with Crippen molar-refractivity contribution in [3.05, 3.63) is 28.3 Å².